The SMILES string of the molecule is C=C(N)c1ccc(OC(C)(CC)CC)c(CN2C(=O)CC(C)(C)N=C2N)c1.CC1(C)Oc2ccc(F)cc2CC1O. The molecule has 0 aromatic heterocycles. The van der Waals surface area contributed by atoms with Crippen molar-refractivity contribution in [1.29, 1.82) is 0 Å². The monoisotopic (exact) mass is 568 g/mol. The minimum absolute atomic E-state index is 0.0517. The van der Waals surface area contributed by atoms with Crippen LogP contribution < -0.4 is 20.9 Å². The number of benzene rings is 2. The average molecular weight is 569 g/mol. The standard InChI is InChI=1S/C21H32N4O2.C11H13FO2/c1-7-21(6,8-2)27-17-10-9-15(14(3)22)11-16(17)13-25-18(26)12-20(4,5)24-19(25)23;1-11(2)10(13)6-7-5-8(12)3-4-9(7)14-11/h9-11H,3,7-8,12-13,22H2,1-2,4-6H3,(H2,23,24);3-5,10,13H,6H2,1-2H3. The molecule has 1 atom stereocenters. The van der Waals surface area contributed by atoms with Crippen molar-refractivity contribution in [2.24, 2.45) is 16.5 Å². The fourth-order valence-electron chi connectivity index (χ4n) is 4.62. The van der Waals surface area contributed by atoms with Gasteiger partial charge in [-0.1, -0.05) is 20.4 Å². The molecular weight excluding hydrogens is 523 g/mol. The van der Waals surface area contributed by atoms with Crippen molar-refractivity contribution in [3.8, 4) is 11.5 Å². The lowest BCUT2D eigenvalue weighted by Crippen LogP contribution is -2.49. The Balaban J connectivity index is 0.000000275. The fraction of sp³-hybridized carbons (Fsp3) is 0.500. The Morgan fingerprint density at radius 3 is 2.46 bits per heavy atom. The lowest BCUT2D eigenvalue weighted by atomic mass is 9.91. The third-order valence-electron chi connectivity index (χ3n) is 7.80. The van der Waals surface area contributed by atoms with Crippen LogP contribution in [0.4, 0.5) is 4.39 Å². The first-order valence-electron chi connectivity index (χ1n) is 14.1. The molecule has 2 heterocycles. The van der Waals surface area contributed by atoms with Crippen molar-refractivity contribution in [3.63, 3.8) is 0 Å². The molecule has 0 fully saturated rings. The number of guanidine groups is 1. The summed E-state index contributed by atoms with van der Waals surface area (Å²) in [5.74, 6) is 1.27. The molecule has 0 aliphatic carbocycles. The third-order valence-corrected chi connectivity index (χ3v) is 7.80. The highest BCUT2D eigenvalue weighted by atomic mass is 19.1. The van der Waals surface area contributed by atoms with Crippen molar-refractivity contribution in [3.05, 3.63) is 65.5 Å². The Morgan fingerprint density at radius 2 is 1.88 bits per heavy atom. The van der Waals surface area contributed by atoms with E-state index in [2.05, 4.69) is 32.3 Å². The largest absolute Gasteiger partial charge is 0.487 e. The molecule has 0 saturated carbocycles. The van der Waals surface area contributed by atoms with Crippen LogP contribution in [0.25, 0.3) is 5.70 Å². The zero-order chi connectivity index (χ0) is 30.8. The quantitative estimate of drug-likeness (QED) is 0.417. The van der Waals surface area contributed by atoms with Gasteiger partial charge in [-0.3, -0.25) is 9.69 Å². The number of halogens is 1. The van der Waals surface area contributed by atoms with Crippen LogP contribution in [-0.4, -0.2) is 44.7 Å². The van der Waals surface area contributed by atoms with Crippen LogP contribution in [0, 0.1) is 5.82 Å². The molecule has 2 aliphatic heterocycles. The predicted molar refractivity (Wildman–Crippen MR) is 161 cm³/mol. The van der Waals surface area contributed by atoms with Gasteiger partial charge in [-0.15, -0.1) is 0 Å². The van der Waals surface area contributed by atoms with E-state index in [4.69, 9.17) is 20.9 Å². The van der Waals surface area contributed by atoms with Crippen LogP contribution in [0.1, 0.15) is 84.4 Å². The number of carbonyl (C=O) groups is 1. The number of aliphatic hydroxyl groups excluding tert-OH is 1. The van der Waals surface area contributed by atoms with E-state index in [9.17, 15) is 14.3 Å². The van der Waals surface area contributed by atoms with Gasteiger partial charge < -0.3 is 26.0 Å². The predicted octanol–water partition coefficient (Wildman–Crippen LogP) is 5.30. The highest BCUT2D eigenvalue weighted by molar-refractivity contribution is 5.99. The maximum absolute atomic E-state index is 12.9. The smallest absolute Gasteiger partial charge is 0.232 e. The Bertz CT molecular complexity index is 1320. The fourth-order valence-corrected chi connectivity index (χ4v) is 4.62. The van der Waals surface area contributed by atoms with Gasteiger partial charge in [0.05, 0.1) is 24.6 Å². The summed E-state index contributed by atoms with van der Waals surface area (Å²) in [6.45, 7) is 17.8. The van der Waals surface area contributed by atoms with E-state index in [1.165, 1.54) is 17.0 Å². The Morgan fingerprint density at radius 1 is 1.22 bits per heavy atom. The average Bonchev–Trinajstić information content (AvgIpc) is 2.87. The zero-order valence-corrected chi connectivity index (χ0v) is 25.4. The van der Waals surface area contributed by atoms with Gasteiger partial charge in [0.25, 0.3) is 0 Å². The van der Waals surface area contributed by atoms with Crippen LogP contribution in [0.5, 0.6) is 11.5 Å². The van der Waals surface area contributed by atoms with Crippen LogP contribution in [-0.2, 0) is 17.8 Å². The van der Waals surface area contributed by atoms with Gasteiger partial charge in [0.2, 0.25) is 5.91 Å². The molecular formula is C32H45FN4O4. The van der Waals surface area contributed by atoms with E-state index in [-0.39, 0.29) is 29.8 Å². The molecule has 9 heteroatoms. The first-order valence-corrected chi connectivity index (χ1v) is 14.1. The second-order valence-corrected chi connectivity index (χ2v) is 12.2. The zero-order valence-electron chi connectivity index (χ0n) is 25.4. The summed E-state index contributed by atoms with van der Waals surface area (Å²) in [6.07, 6.45) is 1.91. The third kappa shape index (κ3) is 7.79. The summed E-state index contributed by atoms with van der Waals surface area (Å²) in [5, 5.41) is 9.73. The Kier molecular flexibility index (Phi) is 9.43. The molecule has 2 aromatic carbocycles. The highest BCUT2D eigenvalue weighted by Crippen LogP contribution is 2.34. The van der Waals surface area contributed by atoms with Gasteiger partial charge in [-0.25, -0.2) is 9.38 Å². The number of aliphatic imine (C=N–C) groups is 1. The topological polar surface area (TPSA) is 123 Å². The number of fused-ring (bicyclic) bond motifs is 1. The van der Waals surface area contributed by atoms with Gasteiger partial charge >= 0.3 is 0 Å². The normalized spacial score (nSPS) is 19.2. The number of amides is 1. The first kappa shape index (κ1) is 31.9. The van der Waals surface area contributed by atoms with Gasteiger partial charge in [0.1, 0.15) is 28.5 Å². The molecule has 5 N–H and O–H groups in total. The summed E-state index contributed by atoms with van der Waals surface area (Å²) in [4.78, 5) is 18.6. The molecule has 224 valence electrons. The number of nitrogens with zero attached hydrogens (tertiary/aromatic N) is 2. The number of ether oxygens (including phenoxy) is 2. The highest BCUT2D eigenvalue weighted by Gasteiger charge is 2.36. The molecule has 0 spiro atoms. The van der Waals surface area contributed by atoms with E-state index in [0.29, 0.717) is 24.3 Å². The Labute approximate surface area is 243 Å². The summed E-state index contributed by atoms with van der Waals surface area (Å²) < 4.78 is 24.8. The van der Waals surface area contributed by atoms with Crippen LogP contribution in [0.2, 0.25) is 0 Å². The van der Waals surface area contributed by atoms with E-state index in [1.807, 2.05) is 45.9 Å². The van der Waals surface area contributed by atoms with Crippen molar-refractivity contribution >= 4 is 17.6 Å². The van der Waals surface area contributed by atoms with E-state index in [0.717, 1.165) is 35.3 Å². The van der Waals surface area contributed by atoms with Gasteiger partial charge in [-0.2, -0.15) is 0 Å². The summed E-state index contributed by atoms with van der Waals surface area (Å²) >= 11 is 0. The van der Waals surface area contributed by atoms with Crippen LogP contribution in [0.3, 0.4) is 0 Å². The van der Waals surface area contributed by atoms with Crippen molar-refractivity contribution in [2.45, 2.75) is 104 Å². The molecule has 1 unspecified atom stereocenters. The minimum Gasteiger partial charge on any atom is -0.487 e. The van der Waals surface area contributed by atoms with Crippen LogP contribution >= 0.6 is 0 Å². The molecule has 2 aromatic rings. The lowest BCUT2D eigenvalue weighted by Gasteiger charge is -2.36. The van der Waals surface area contributed by atoms with E-state index >= 15 is 0 Å². The van der Waals surface area contributed by atoms with Crippen molar-refractivity contribution in [2.75, 3.05) is 0 Å². The number of aliphatic hydroxyl groups is 1. The lowest BCUT2D eigenvalue weighted by molar-refractivity contribution is -0.129. The molecule has 0 radical (unpaired) electrons. The summed E-state index contributed by atoms with van der Waals surface area (Å²) in [6, 6.07) is 10.1. The molecule has 1 amide bonds. The van der Waals surface area contributed by atoms with Crippen LogP contribution in [0.15, 0.2) is 48.0 Å². The van der Waals surface area contributed by atoms with Crippen molar-refractivity contribution < 1.29 is 23.8 Å². The van der Waals surface area contributed by atoms with E-state index in [1.54, 1.807) is 6.07 Å². The summed E-state index contributed by atoms with van der Waals surface area (Å²) in [5.41, 5.74) is 13.4. The minimum atomic E-state index is -0.592. The van der Waals surface area contributed by atoms with Gasteiger partial charge in [-0.05, 0) is 95.0 Å². The molecule has 8 nitrogen and oxygen atoms in total. The van der Waals surface area contributed by atoms with Gasteiger partial charge in [0, 0.05) is 17.7 Å². The maximum atomic E-state index is 12.9. The second-order valence-electron chi connectivity index (χ2n) is 12.2. The molecule has 4 rings (SSSR count). The van der Waals surface area contributed by atoms with Crippen molar-refractivity contribution in [1.82, 2.24) is 4.90 Å². The Hall–Kier alpha value is -3.59. The number of rotatable bonds is 7. The van der Waals surface area contributed by atoms with Gasteiger partial charge in [0.15, 0.2) is 5.96 Å². The molecule has 0 bridgehead atoms. The summed E-state index contributed by atoms with van der Waals surface area (Å²) in [7, 11) is 0. The maximum Gasteiger partial charge on any atom is 0.232 e. The molecule has 2 aliphatic rings. The number of nitrogens with two attached hydrogens (primary N) is 2. The number of carbonyl (C=O) groups excluding carboxylic acids is 1. The van der Waals surface area contributed by atoms with E-state index < -0.39 is 17.2 Å². The second kappa shape index (κ2) is 12.1. The number of hydrogen-bond donors (Lipinski definition) is 3. The first-order chi connectivity index (χ1) is 19.0. The molecule has 0 saturated heterocycles. The molecule has 41 heavy (non-hydrogen) atoms. The number of hydrogen-bond acceptors (Lipinski definition) is 7.